The smallest absolute Gasteiger partial charge is 0.243 e. The Hall–Kier alpha value is -2.98. The fourth-order valence-corrected chi connectivity index (χ4v) is 4.97. The minimum Gasteiger partial charge on any atom is -0.449 e. The van der Waals surface area contributed by atoms with E-state index in [9.17, 15) is 8.42 Å². The molecule has 2 aromatic heterocycles. The van der Waals surface area contributed by atoms with Crippen LogP contribution in [0.4, 0.5) is 11.8 Å². The quantitative estimate of drug-likeness (QED) is 0.621. The van der Waals surface area contributed by atoms with Gasteiger partial charge in [-0.3, -0.25) is 0 Å². The van der Waals surface area contributed by atoms with Crippen LogP contribution in [0.2, 0.25) is 0 Å². The normalized spacial score (nSPS) is 15.3. The molecule has 0 aliphatic carbocycles. The van der Waals surface area contributed by atoms with Crippen LogP contribution in [0.1, 0.15) is 18.5 Å². The van der Waals surface area contributed by atoms with E-state index >= 15 is 0 Å². The van der Waals surface area contributed by atoms with Crippen LogP contribution in [-0.4, -0.2) is 60.4 Å². The first-order valence-corrected chi connectivity index (χ1v) is 11.7. The Morgan fingerprint density at radius 2 is 1.74 bits per heavy atom. The van der Waals surface area contributed by atoms with Crippen LogP contribution >= 0.6 is 0 Å². The molecule has 164 valence electrons. The lowest BCUT2D eigenvalue weighted by Gasteiger charge is -2.34. The lowest BCUT2D eigenvalue weighted by atomic mass is 10.2. The van der Waals surface area contributed by atoms with Gasteiger partial charge < -0.3 is 14.6 Å². The highest BCUT2D eigenvalue weighted by Gasteiger charge is 2.29. The van der Waals surface area contributed by atoms with Crippen molar-refractivity contribution in [2.24, 2.45) is 0 Å². The van der Waals surface area contributed by atoms with E-state index in [-0.39, 0.29) is 4.90 Å². The third-order valence-corrected chi connectivity index (χ3v) is 7.06. The molecule has 1 fully saturated rings. The summed E-state index contributed by atoms with van der Waals surface area (Å²) in [7, 11) is -3.57. The van der Waals surface area contributed by atoms with Gasteiger partial charge >= 0.3 is 0 Å². The first-order valence-electron chi connectivity index (χ1n) is 10.2. The van der Waals surface area contributed by atoms with E-state index in [1.54, 1.807) is 37.5 Å². The van der Waals surface area contributed by atoms with Crippen LogP contribution in [0.25, 0.3) is 11.3 Å². The minimum atomic E-state index is -3.57. The average Bonchev–Trinajstić information content (AvgIpc) is 3.20. The zero-order valence-corrected chi connectivity index (χ0v) is 18.7. The second-order valence-corrected chi connectivity index (χ2v) is 9.33. The fraction of sp³-hybridized carbons (Fsp3) is 0.381. The molecule has 0 atom stereocenters. The summed E-state index contributed by atoms with van der Waals surface area (Å²) in [6.45, 7) is 8.36. The summed E-state index contributed by atoms with van der Waals surface area (Å²) in [4.78, 5) is 15.6. The molecule has 0 amide bonds. The molecule has 9 nitrogen and oxygen atoms in total. The molecular weight excluding hydrogens is 416 g/mol. The molecular formula is C21H26N6O3S. The van der Waals surface area contributed by atoms with Crippen molar-refractivity contribution in [3.8, 4) is 11.3 Å². The van der Waals surface area contributed by atoms with E-state index in [1.165, 1.54) is 4.31 Å². The van der Waals surface area contributed by atoms with Gasteiger partial charge in [-0.1, -0.05) is 12.1 Å². The summed E-state index contributed by atoms with van der Waals surface area (Å²) < 4.78 is 33.0. The van der Waals surface area contributed by atoms with Gasteiger partial charge in [0.1, 0.15) is 17.8 Å². The number of anilines is 2. The summed E-state index contributed by atoms with van der Waals surface area (Å²) in [5.41, 5.74) is 2.38. The van der Waals surface area contributed by atoms with Gasteiger partial charge in [-0.25, -0.2) is 18.4 Å². The van der Waals surface area contributed by atoms with Gasteiger partial charge in [0, 0.05) is 57.0 Å². The molecule has 0 unspecified atom stereocenters. The SMILES string of the molecule is CCNc1nc(C)cc(N2CCN(S(=O)(=O)c3ccc(-c4coc(C)n4)cc3)CC2)n1. The Labute approximate surface area is 182 Å². The van der Waals surface area contributed by atoms with E-state index < -0.39 is 10.0 Å². The van der Waals surface area contributed by atoms with Crippen LogP contribution in [0.15, 0.2) is 45.9 Å². The van der Waals surface area contributed by atoms with E-state index in [1.807, 2.05) is 19.9 Å². The number of oxazole rings is 1. The number of aryl methyl sites for hydroxylation is 2. The standard InChI is InChI=1S/C21H26N6O3S/c1-4-22-21-23-15(2)13-20(25-21)26-9-11-27(12-10-26)31(28,29)18-7-5-17(6-8-18)19-14-30-16(3)24-19/h5-8,13-14H,4,9-12H2,1-3H3,(H,22,23,25). The summed E-state index contributed by atoms with van der Waals surface area (Å²) >= 11 is 0. The highest BCUT2D eigenvalue weighted by atomic mass is 32.2. The van der Waals surface area contributed by atoms with Gasteiger partial charge in [0.05, 0.1) is 4.90 Å². The molecule has 10 heteroatoms. The van der Waals surface area contributed by atoms with E-state index in [2.05, 4.69) is 25.2 Å². The number of benzene rings is 1. The zero-order chi connectivity index (χ0) is 22.0. The molecule has 4 rings (SSSR count). The maximum absolute atomic E-state index is 13.1. The van der Waals surface area contributed by atoms with Gasteiger partial charge in [0.15, 0.2) is 5.89 Å². The first kappa shape index (κ1) is 21.3. The van der Waals surface area contributed by atoms with E-state index in [0.717, 1.165) is 23.6 Å². The van der Waals surface area contributed by atoms with Crippen molar-refractivity contribution in [1.82, 2.24) is 19.3 Å². The van der Waals surface area contributed by atoms with Gasteiger partial charge in [0.2, 0.25) is 16.0 Å². The molecule has 1 aliphatic rings. The van der Waals surface area contributed by atoms with Crippen molar-refractivity contribution in [3.05, 3.63) is 48.2 Å². The van der Waals surface area contributed by atoms with Crippen molar-refractivity contribution in [2.75, 3.05) is 42.9 Å². The largest absolute Gasteiger partial charge is 0.449 e. The monoisotopic (exact) mass is 442 g/mol. The first-order chi connectivity index (χ1) is 14.9. The molecule has 31 heavy (non-hydrogen) atoms. The molecule has 0 spiro atoms. The second-order valence-electron chi connectivity index (χ2n) is 7.39. The number of piperazine rings is 1. The summed E-state index contributed by atoms with van der Waals surface area (Å²) in [5, 5.41) is 3.13. The number of aromatic nitrogens is 3. The fourth-order valence-electron chi connectivity index (χ4n) is 3.55. The van der Waals surface area contributed by atoms with Gasteiger partial charge in [-0.15, -0.1) is 0 Å². The Balaban J connectivity index is 1.45. The molecule has 0 radical (unpaired) electrons. The van der Waals surface area contributed by atoms with E-state index in [4.69, 9.17) is 4.42 Å². The lowest BCUT2D eigenvalue weighted by Crippen LogP contribution is -2.49. The predicted octanol–water partition coefficient (Wildman–Crippen LogP) is 2.69. The van der Waals surface area contributed by atoms with Crippen molar-refractivity contribution < 1.29 is 12.8 Å². The number of sulfonamides is 1. The Bertz CT molecular complexity index is 1150. The van der Waals surface area contributed by atoms with Crippen LogP contribution in [0.3, 0.4) is 0 Å². The second kappa shape index (κ2) is 8.64. The lowest BCUT2D eigenvalue weighted by molar-refractivity contribution is 0.384. The number of rotatable bonds is 6. The molecule has 3 heterocycles. The molecule has 0 bridgehead atoms. The van der Waals surface area contributed by atoms with Crippen LogP contribution in [0.5, 0.6) is 0 Å². The van der Waals surface area contributed by atoms with Gasteiger partial charge in [-0.2, -0.15) is 9.29 Å². The highest BCUT2D eigenvalue weighted by Crippen LogP contribution is 2.24. The molecule has 1 N–H and O–H groups in total. The van der Waals surface area contributed by atoms with Crippen molar-refractivity contribution in [3.63, 3.8) is 0 Å². The van der Waals surface area contributed by atoms with Gasteiger partial charge in [-0.05, 0) is 26.0 Å². The van der Waals surface area contributed by atoms with Crippen molar-refractivity contribution in [2.45, 2.75) is 25.7 Å². The predicted molar refractivity (Wildman–Crippen MR) is 119 cm³/mol. The van der Waals surface area contributed by atoms with Crippen LogP contribution < -0.4 is 10.2 Å². The summed E-state index contributed by atoms with van der Waals surface area (Å²) in [6, 6.07) is 8.68. The summed E-state index contributed by atoms with van der Waals surface area (Å²) in [5.74, 6) is 1.98. The van der Waals surface area contributed by atoms with Crippen LogP contribution in [0, 0.1) is 13.8 Å². The maximum Gasteiger partial charge on any atom is 0.243 e. The Kier molecular flexibility index (Phi) is 5.92. The minimum absolute atomic E-state index is 0.275. The molecule has 1 aliphatic heterocycles. The van der Waals surface area contributed by atoms with Gasteiger partial charge in [0.25, 0.3) is 0 Å². The molecule has 3 aromatic rings. The number of nitrogens with zero attached hydrogens (tertiary/aromatic N) is 5. The highest BCUT2D eigenvalue weighted by molar-refractivity contribution is 7.89. The van der Waals surface area contributed by atoms with E-state index in [0.29, 0.717) is 43.7 Å². The molecule has 1 aromatic carbocycles. The maximum atomic E-state index is 13.1. The third-order valence-electron chi connectivity index (χ3n) is 5.15. The third kappa shape index (κ3) is 4.54. The molecule has 1 saturated heterocycles. The Morgan fingerprint density at radius 3 is 2.35 bits per heavy atom. The average molecular weight is 443 g/mol. The van der Waals surface area contributed by atoms with Crippen molar-refractivity contribution in [1.29, 1.82) is 0 Å². The van der Waals surface area contributed by atoms with Crippen LogP contribution in [-0.2, 0) is 10.0 Å². The Morgan fingerprint density at radius 1 is 1.03 bits per heavy atom. The topological polar surface area (TPSA) is 104 Å². The number of hydrogen-bond donors (Lipinski definition) is 1. The summed E-state index contributed by atoms with van der Waals surface area (Å²) in [6.07, 6.45) is 1.56. The number of hydrogen-bond acceptors (Lipinski definition) is 8. The van der Waals surface area contributed by atoms with Crippen molar-refractivity contribution >= 4 is 21.8 Å². The number of nitrogens with one attached hydrogen (secondary N) is 1. The zero-order valence-electron chi connectivity index (χ0n) is 17.9. The molecule has 0 saturated carbocycles.